The van der Waals surface area contributed by atoms with E-state index in [2.05, 4.69) is 0 Å². The van der Waals surface area contributed by atoms with Crippen LogP contribution in [0.4, 0.5) is 0 Å². The molecule has 0 aliphatic heterocycles. The summed E-state index contributed by atoms with van der Waals surface area (Å²) in [5.74, 6) is -0.119. The third kappa shape index (κ3) is 4.24. The predicted octanol–water partition coefficient (Wildman–Crippen LogP) is 3.26. The van der Waals surface area contributed by atoms with E-state index in [0.29, 0.717) is 25.9 Å². The van der Waals surface area contributed by atoms with Crippen molar-refractivity contribution in [3.63, 3.8) is 0 Å². The van der Waals surface area contributed by atoms with E-state index in [4.69, 9.17) is 44.7 Å². The number of carbonyl (C=O) groups excluding carboxylic acids is 1. The lowest BCUT2D eigenvalue weighted by molar-refractivity contribution is -0.163. The van der Waals surface area contributed by atoms with Crippen LogP contribution in [0.1, 0.15) is 6.92 Å². The lowest BCUT2D eigenvalue weighted by Crippen LogP contribution is -2.29. The zero-order valence-corrected chi connectivity index (χ0v) is 11.2. The van der Waals surface area contributed by atoms with Gasteiger partial charge in [0.05, 0.1) is 21.6 Å². The molecule has 0 aromatic heterocycles. The SMILES string of the molecule is CC(=O)N(O)CCOc1cc(Cl)c(Cl)cc1Cl. The lowest BCUT2D eigenvalue weighted by atomic mass is 10.3. The number of benzene rings is 1. The maximum absolute atomic E-state index is 10.7. The maximum Gasteiger partial charge on any atom is 0.242 e. The van der Waals surface area contributed by atoms with E-state index in [0.717, 1.165) is 0 Å². The van der Waals surface area contributed by atoms with E-state index in [1.165, 1.54) is 19.1 Å². The highest BCUT2D eigenvalue weighted by molar-refractivity contribution is 6.43. The summed E-state index contributed by atoms with van der Waals surface area (Å²) in [6.07, 6.45) is 0. The molecule has 1 aromatic carbocycles. The van der Waals surface area contributed by atoms with Crippen molar-refractivity contribution in [2.45, 2.75) is 6.92 Å². The van der Waals surface area contributed by atoms with Crippen LogP contribution in [0.25, 0.3) is 0 Å². The Kier molecular flexibility index (Phi) is 5.33. The van der Waals surface area contributed by atoms with Crippen LogP contribution in [0.5, 0.6) is 5.75 Å². The van der Waals surface area contributed by atoms with Gasteiger partial charge in [-0.15, -0.1) is 0 Å². The van der Waals surface area contributed by atoms with Crippen LogP contribution < -0.4 is 4.74 Å². The molecule has 0 fully saturated rings. The molecule has 0 aliphatic rings. The molecule has 94 valence electrons. The molecule has 0 bridgehead atoms. The fourth-order valence-corrected chi connectivity index (χ4v) is 1.61. The van der Waals surface area contributed by atoms with E-state index in [9.17, 15) is 4.79 Å². The van der Waals surface area contributed by atoms with Crippen LogP contribution in [0.15, 0.2) is 12.1 Å². The van der Waals surface area contributed by atoms with Gasteiger partial charge in [-0.25, -0.2) is 5.06 Å². The van der Waals surface area contributed by atoms with E-state index >= 15 is 0 Å². The third-order valence-electron chi connectivity index (χ3n) is 1.90. The molecule has 0 saturated carbocycles. The number of nitrogens with zero attached hydrogens (tertiary/aromatic N) is 1. The zero-order valence-electron chi connectivity index (χ0n) is 8.91. The Hall–Kier alpha value is -0.680. The molecule has 1 N–H and O–H groups in total. The molecule has 0 saturated heterocycles. The second-order valence-corrected chi connectivity index (χ2v) is 4.41. The molecule has 0 atom stereocenters. The summed E-state index contributed by atoms with van der Waals surface area (Å²) in [5, 5.41) is 10.6. The minimum absolute atomic E-state index is 0.0336. The highest BCUT2D eigenvalue weighted by atomic mass is 35.5. The zero-order chi connectivity index (χ0) is 13.0. The fraction of sp³-hybridized carbons (Fsp3) is 0.300. The summed E-state index contributed by atoms with van der Waals surface area (Å²) in [7, 11) is 0. The Bertz CT molecular complexity index is 426. The van der Waals surface area contributed by atoms with Gasteiger partial charge in [0.1, 0.15) is 12.4 Å². The van der Waals surface area contributed by atoms with Crippen LogP contribution in [-0.4, -0.2) is 29.3 Å². The van der Waals surface area contributed by atoms with E-state index in [1.54, 1.807) is 0 Å². The minimum Gasteiger partial charge on any atom is -0.490 e. The number of halogens is 3. The smallest absolute Gasteiger partial charge is 0.242 e. The van der Waals surface area contributed by atoms with E-state index in [1.807, 2.05) is 0 Å². The number of ether oxygens (including phenoxy) is 1. The van der Waals surface area contributed by atoms with E-state index in [-0.39, 0.29) is 13.2 Å². The Labute approximate surface area is 114 Å². The molecule has 1 rings (SSSR count). The maximum atomic E-state index is 10.7. The Balaban J connectivity index is 2.58. The van der Waals surface area contributed by atoms with Crippen LogP contribution in [0.3, 0.4) is 0 Å². The van der Waals surface area contributed by atoms with Gasteiger partial charge in [-0.1, -0.05) is 34.8 Å². The van der Waals surface area contributed by atoms with Crippen molar-refractivity contribution in [2.75, 3.05) is 13.2 Å². The first-order chi connectivity index (χ1) is 7.91. The van der Waals surface area contributed by atoms with E-state index < -0.39 is 5.91 Å². The summed E-state index contributed by atoms with van der Waals surface area (Å²) in [6.45, 7) is 1.37. The summed E-state index contributed by atoms with van der Waals surface area (Å²) >= 11 is 17.4. The standard InChI is InChI=1S/C10H10Cl3NO3/c1-6(15)14(16)2-3-17-10-5-8(12)7(11)4-9(10)13/h4-5,16H,2-3H2,1H3. The summed E-state index contributed by atoms with van der Waals surface area (Å²) in [5.41, 5.74) is 0. The highest BCUT2D eigenvalue weighted by Crippen LogP contribution is 2.33. The Morgan fingerprint density at radius 2 is 1.88 bits per heavy atom. The Morgan fingerprint density at radius 1 is 1.29 bits per heavy atom. The molecule has 0 radical (unpaired) electrons. The normalized spacial score (nSPS) is 10.2. The average molecular weight is 299 g/mol. The number of rotatable bonds is 4. The first kappa shape index (κ1) is 14.4. The molecular formula is C10H10Cl3NO3. The van der Waals surface area contributed by atoms with Gasteiger partial charge in [-0.3, -0.25) is 10.0 Å². The first-order valence-corrected chi connectivity index (χ1v) is 5.79. The van der Waals surface area contributed by atoms with Crippen LogP contribution in [-0.2, 0) is 4.79 Å². The molecule has 1 aromatic rings. The van der Waals surface area contributed by atoms with Crippen molar-refractivity contribution in [3.8, 4) is 5.75 Å². The molecule has 0 unspecified atom stereocenters. The van der Waals surface area contributed by atoms with Crippen molar-refractivity contribution in [1.29, 1.82) is 0 Å². The minimum atomic E-state index is -0.464. The number of hydrogen-bond acceptors (Lipinski definition) is 3. The van der Waals surface area contributed by atoms with Crippen molar-refractivity contribution in [2.24, 2.45) is 0 Å². The molecule has 0 aliphatic carbocycles. The van der Waals surface area contributed by atoms with Crippen LogP contribution in [0.2, 0.25) is 15.1 Å². The van der Waals surface area contributed by atoms with Gasteiger partial charge in [-0.2, -0.15) is 0 Å². The van der Waals surface area contributed by atoms with Gasteiger partial charge < -0.3 is 4.74 Å². The van der Waals surface area contributed by atoms with Gasteiger partial charge >= 0.3 is 0 Å². The molecule has 7 heteroatoms. The van der Waals surface area contributed by atoms with Gasteiger partial charge in [-0.05, 0) is 6.07 Å². The topological polar surface area (TPSA) is 49.8 Å². The van der Waals surface area contributed by atoms with Crippen molar-refractivity contribution in [3.05, 3.63) is 27.2 Å². The number of carbonyl (C=O) groups is 1. The Morgan fingerprint density at radius 3 is 2.47 bits per heavy atom. The number of hydroxylamine groups is 2. The second kappa shape index (κ2) is 6.31. The quantitative estimate of drug-likeness (QED) is 0.527. The summed E-state index contributed by atoms with van der Waals surface area (Å²) in [6, 6.07) is 2.93. The fourth-order valence-electron chi connectivity index (χ4n) is 1.01. The third-order valence-corrected chi connectivity index (χ3v) is 2.92. The van der Waals surface area contributed by atoms with Crippen molar-refractivity contribution < 1.29 is 14.7 Å². The van der Waals surface area contributed by atoms with Gasteiger partial charge in [0.15, 0.2) is 0 Å². The highest BCUT2D eigenvalue weighted by Gasteiger charge is 2.08. The molecular weight excluding hydrogens is 288 g/mol. The van der Waals surface area contributed by atoms with Crippen molar-refractivity contribution in [1.82, 2.24) is 5.06 Å². The number of amides is 1. The number of hydrogen-bond donors (Lipinski definition) is 1. The summed E-state index contributed by atoms with van der Waals surface area (Å²) < 4.78 is 5.26. The van der Waals surface area contributed by atoms with Crippen LogP contribution >= 0.6 is 34.8 Å². The first-order valence-electron chi connectivity index (χ1n) is 4.66. The predicted molar refractivity (Wildman–Crippen MR) is 66.1 cm³/mol. The molecule has 17 heavy (non-hydrogen) atoms. The molecule has 4 nitrogen and oxygen atoms in total. The monoisotopic (exact) mass is 297 g/mol. The lowest BCUT2D eigenvalue weighted by Gasteiger charge is -2.14. The molecule has 1 amide bonds. The van der Waals surface area contributed by atoms with Gasteiger partial charge in [0.2, 0.25) is 5.91 Å². The van der Waals surface area contributed by atoms with Gasteiger partial charge in [0.25, 0.3) is 0 Å². The molecule has 0 spiro atoms. The van der Waals surface area contributed by atoms with Gasteiger partial charge in [0, 0.05) is 13.0 Å². The summed E-state index contributed by atoms with van der Waals surface area (Å²) in [4.78, 5) is 10.7. The van der Waals surface area contributed by atoms with Crippen molar-refractivity contribution >= 4 is 40.7 Å². The largest absolute Gasteiger partial charge is 0.490 e. The molecule has 0 heterocycles. The van der Waals surface area contributed by atoms with Crippen LogP contribution in [0, 0.1) is 0 Å². The second-order valence-electron chi connectivity index (χ2n) is 3.19. The average Bonchev–Trinajstić information content (AvgIpc) is 2.25.